The van der Waals surface area contributed by atoms with Crippen LogP contribution in [0.5, 0.6) is 0 Å². The Kier molecular flexibility index (Phi) is 2.79. The Morgan fingerprint density at radius 1 is 1.54 bits per heavy atom. The van der Waals surface area contributed by atoms with Crippen LogP contribution in [0.3, 0.4) is 0 Å². The lowest BCUT2D eigenvalue weighted by Gasteiger charge is -2.23. The Bertz CT molecular complexity index is 208. The third kappa shape index (κ3) is 2.52. The van der Waals surface area contributed by atoms with Crippen molar-refractivity contribution < 1.29 is 23.1 Å². The Hall–Kier alpha value is -0.390. The molecule has 0 aromatic rings. The molecular formula is C7H9F3O2S. The summed E-state index contributed by atoms with van der Waals surface area (Å²) in [6.45, 7) is 0. The lowest BCUT2D eigenvalue weighted by atomic mass is 9.84. The summed E-state index contributed by atoms with van der Waals surface area (Å²) in [6.07, 6.45) is -5.47. The van der Waals surface area contributed by atoms with Crippen molar-refractivity contribution in [1.82, 2.24) is 0 Å². The summed E-state index contributed by atoms with van der Waals surface area (Å²) in [5, 5.41) is 8.71. The zero-order valence-electron chi connectivity index (χ0n) is 6.73. The fourth-order valence-corrected chi connectivity index (χ4v) is 2.81. The molecule has 2 nitrogen and oxygen atoms in total. The SMILES string of the molecule is O=C(O)C1(CC(F)(F)F)CCSC1. The summed E-state index contributed by atoms with van der Waals surface area (Å²) in [6, 6.07) is 0. The van der Waals surface area contributed by atoms with Crippen LogP contribution in [0.1, 0.15) is 12.8 Å². The first-order chi connectivity index (χ1) is 5.86. The number of hydrogen-bond acceptors (Lipinski definition) is 2. The fourth-order valence-electron chi connectivity index (χ4n) is 1.37. The van der Waals surface area contributed by atoms with E-state index in [1.54, 1.807) is 0 Å². The molecule has 0 amide bonds. The van der Waals surface area contributed by atoms with Gasteiger partial charge in [-0.1, -0.05) is 0 Å². The van der Waals surface area contributed by atoms with Crippen LogP contribution < -0.4 is 0 Å². The van der Waals surface area contributed by atoms with Crippen LogP contribution in [0, 0.1) is 5.41 Å². The molecule has 1 aliphatic heterocycles. The Balaban J connectivity index is 2.74. The molecule has 6 heteroatoms. The fraction of sp³-hybridized carbons (Fsp3) is 0.857. The molecule has 0 aromatic heterocycles. The number of alkyl halides is 3. The van der Waals surface area contributed by atoms with Crippen molar-refractivity contribution in [3.8, 4) is 0 Å². The minimum atomic E-state index is -4.39. The summed E-state index contributed by atoms with van der Waals surface area (Å²) in [5.74, 6) is -0.751. The first-order valence-corrected chi connectivity index (χ1v) is 4.89. The number of thioether (sulfide) groups is 1. The molecule has 0 bridgehead atoms. The van der Waals surface area contributed by atoms with Crippen molar-refractivity contribution in [2.75, 3.05) is 11.5 Å². The zero-order valence-corrected chi connectivity index (χ0v) is 7.54. The van der Waals surface area contributed by atoms with Gasteiger partial charge in [-0.25, -0.2) is 0 Å². The van der Waals surface area contributed by atoms with E-state index in [0.29, 0.717) is 5.75 Å². The molecule has 1 unspecified atom stereocenters. The maximum atomic E-state index is 12.0. The standard InChI is InChI=1S/C7H9F3O2S/c8-7(9,10)3-6(5(11)12)1-2-13-4-6/h1-4H2,(H,11,12). The van der Waals surface area contributed by atoms with Crippen LogP contribution in [-0.2, 0) is 4.79 Å². The van der Waals surface area contributed by atoms with Gasteiger partial charge in [0.15, 0.2) is 0 Å². The summed E-state index contributed by atoms with van der Waals surface area (Å²) in [4.78, 5) is 10.7. The maximum Gasteiger partial charge on any atom is 0.390 e. The normalized spacial score (nSPS) is 29.2. The first kappa shape index (κ1) is 10.7. The molecule has 0 aliphatic carbocycles. The largest absolute Gasteiger partial charge is 0.481 e. The molecule has 76 valence electrons. The van der Waals surface area contributed by atoms with Gasteiger partial charge < -0.3 is 5.11 Å². The van der Waals surface area contributed by atoms with Gasteiger partial charge in [-0.05, 0) is 12.2 Å². The minimum Gasteiger partial charge on any atom is -0.481 e. The number of carboxylic acids is 1. The molecule has 1 fully saturated rings. The minimum absolute atomic E-state index is 0.0713. The number of rotatable bonds is 2. The quantitative estimate of drug-likeness (QED) is 0.765. The van der Waals surface area contributed by atoms with Gasteiger partial charge in [0, 0.05) is 5.75 Å². The molecule has 0 radical (unpaired) electrons. The van der Waals surface area contributed by atoms with Gasteiger partial charge in [0.25, 0.3) is 0 Å². The van der Waals surface area contributed by atoms with Crippen LogP contribution in [-0.4, -0.2) is 28.8 Å². The predicted octanol–water partition coefficient (Wildman–Crippen LogP) is 2.15. The van der Waals surface area contributed by atoms with Crippen LogP contribution in [0.15, 0.2) is 0 Å². The number of carbonyl (C=O) groups is 1. The average molecular weight is 214 g/mol. The highest BCUT2D eigenvalue weighted by atomic mass is 32.2. The predicted molar refractivity (Wildman–Crippen MR) is 42.7 cm³/mol. The van der Waals surface area contributed by atoms with E-state index in [2.05, 4.69) is 0 Å². The number of hydrogen-bond donors (Lipinski definition) is 1. The highest BCUT2D eigenvalue weighted by molar-refractivity contribution is 7.99. The topological polar surface area (TPSA) is 37.3 Å². The highest BCUT2D eigenvalue weighted by Gasteiger charge is 2.49. The van der Waals surface area contributed by atoms with E-state index < -0.39 is 24.0 Å². The van der Waals surface area contributed by atoms with E-state index in [1.165, 1.54) is 11.8 Å². The lowest BCUT2D eigenvalue weighted by molar-refractivity contribution is -0.175. The number of aliphatic carboxylic acids is 1. The maximum absolute atomic E-state index is 12.0. The Morgan fingerprint density at radius 3 is 2.46 bits per heavy atom. The summed E-state index contributed by atoms with van der Waals surface area (Å²) >= 11 is 1.27. The summed E-state index contributed by atoms with van der Waals surface area (Å²) in [5.41, 5.74) is -1.57. The summed E-state index contributed by atoms with van der Waals surface area (Å²) in [7, 11) is 0. The smallest absolute Gasteiger partial charge is 0.390 e. The number of halogens is 3. The zero-order chi connectivity index (χ0) is 10.1. The third-order valence-corrected chi connectivity index (χ3v) is 3.35. The molecular weight excluding hydrogens is 205 g/mol. The van der Waals surface area contributed by atoms with E-state index in [9.17, 15) is 18.0 Å². The third-order valence-electron chi connectivity index (χ3n) is 2.10. The second-order valence-electron chi connectivity index (χ2n) is 3.18. The van der Waals surface area contributed by atoms with Crippen molar-refractivity contribution in [3.63, 3.8) is 0 Å². The molecule has 1 heterocycles. The van der Waals surface area contributed by atoms with E-state index in [0.717, 1.165) is 0 Å². The lowest BCUT2D eigenvalue weighted by Crippen LogP contribution is -2.35. The molecule has 1 atom stereocenters. The molecule has 0 aromatic carbocycles. The van der Waals surface area contributed by atoms with Crippen LogP contribution in [0.25, 0.3) is 0 Å². The molecule has 1 N–H and O–H groups in total. The van der Waals surface area contributed by atoms with Crippen LogP contribution >= 0.6 is 11.8 Å². The van der Waals surface area contributed by atoms with Gasteiger partial charge in [0.1, 0.15) is 0 Å². The Labute approximate surface area is 77.5 Å². The van der Waals surface area contributed by atoms with E-state index in [1.807, 2.05) is 0 Å². The molecule has 13 heavy (non-hydrogen) atoms. The van der Waals surface area contributed by atoms with Crippen molar-refractivity contribution >= 4 is 17.7 Å². The van der Waals surface area contributed by atoms with Gasteiger partial charge in [-0.3, -0.25) is 4.79 Å². The van der Waals surface area contributed by atoms with Gasteiger partial charge in [0.2, 0.25) is 0 Å². The van der Waals surface area contributed by atoms with E-state index in [4.69, 9.17) is 5.11 Å². The van der Waals surface area contributed by atoms with E-state index >= 15 is 0 Å². The van der Waals surface area contributed by atoms with Gasteiger partial charge >= 0.3 is 12.1 Å². The van der Waals surface area contributed by atoms with Crippen molar-refractivity contribution in [2.24, 2.45) is 5.41 Å². The molecule has 1 aliphatic rings. The van der Waals surface area contributed by atoms with E-state index in [-0.39, 0.29) is 12.2 Å². The Morgan fingerprint density at radius 2 is 2.15 bits per heavy atom. The molecule has 0 saturated carbocycles. The monoisotopic (exact) mass is 214 g/mol. The molecule has 1 rings (SSSR count). The first-order valence-electron chi connectivity index (χ1n) is 3.74. The molecule has 0 spiro atoms. The highest BCUT2D eigenvalue weighted by Crippen LogP contribution is 2.44. The van der Waals surface area contributed by atoms with Crippen LogP contribution in [0.4, 0.5) is 13.2 Å². The van der Waals surface area contributed by atoms with Gasteiger partial charge in [-0.2, -0.15) is 24.9 Å². The second kappa shape index (κ2) is 3.40. The average Bonchev–Trinajstić information content (AvgIpc) is 2.33. The molecule has 1 saturated heterocycles. The summed E-state index contributed by atoms with van der Waals surface area (Å²) < 4.78 is 36.1. The number of carboxylic acid groups (broad SMARTS) is 1. The van der Waals surface area contributed by atoms with Crippen LogP contribution in [0.2, 0.25) is 0 Å². The second-order valence-corrected chi connectivity index (χ2v) is 4.29. The van der Waals surface area contributed by atoms with Crippen molar-refractivity contribution in [3.05, 3.63) is 0 Å². The van der Waals surface area contributed by atoms with Gasteiger partial charge in [-0.15, -0.1) is 0 Å². The van der Waals surface area contributed by atoms with Crippen molar-refractivity contribution in [2.45, 2.75) is 19.0 Å². The van der Waals surface area contributed by atoms with Crippen molar-refractivity contribution in [1.29, 1.82) is 0 Å². The van der Waals surface area contributed by atoms with Gasteiger partial charge in [0.05, 0.1) is 11.8 Å².